The highest BCUT2D eigenvalue weighted by Crippen LogP contribution is 2.09. The fourth-order valence-electron chi connectivity index (χ4n) is 0.653. The van der Waals surface area contributed by atoms with Gasteiger partial charge in [0.15, 0.2) is 0 Å². The van der Waals surface area contributed by atoms with Crippen molar-refractivity contribution in [3.63, 3.8) is 0 Å². The minimum Gasteiger partial charge on any atom is -0.380 e. The van der Waals surface area contributed by atoms with Crippen LogP contribution in [0.15, 0.2) is 0 Å². The largest absolute Gasteiger partial charge is 0.380 e. The lowest BCUT2D eigenvalue weighted by molar-refractivity contribution is -0.136. The molecule has 1 N–H and O–H groups in total. The first-order chi connectivity index (χ1) is 4.99. The van der Waals surface area contributed by atoms with Crippen molar-refractivity contribution >= 4 is 15.9 Å². The molecule has 0 aromatic heterocycles. The van der Waals surface area contributed by atoms with E-state index in [0.717, 1.165) is 6.26 Å². The van der Waals surface area contributed by atoms with E-state index >= 15 is 0 Å². The summed E-state index contributed by atoms with van der Waals surface area (Å²) in [5.74, 6) is -0.761. The molecule has 0 saturated carbocycles. The molecule has 0 aromatic carbocycles. The van der Waals surface area contributed by atoms with Crippen molar-refractivity contribution in [1.82, 2.24) is 4.72 Å². The second-order valence-electron chi connectivity index (χ2n) is 2.47. The highest BCUT2D eigenvalue weighted by Gasteiger charge is 2.27. The molecule has 1 aliphatic heterocycles. The van der Waals surface area contributed by atoms with Gasteiger partial charge >= 0.3 is 0 Å². The van der Waals surface area contributed by atoms with E-state index in [2.05, 4.69) is 0 Å². The zero-order valence-corrected chi connectivity index (χ0v) is 6.85. The Bertz CT molecular complexity index is 254. The predicted octanol–water partition coefficient (Wildman–Crippen LogP) is -1.29. The van der Waals surface area contributed by atoms with Gasteiger partial charge in [0.2, 0.25) is 15.9 Å². The van der Waals surface area contributed by atoms with Crippen LogP contribution in [0.4, 0.5) is 0 Å². The van der Waals surface area contributed by atoms with Gasteiger partial charge in [-0.3, -0.25) is 9.52 Å². The first-order valence-corrected chi connectivity index (χ1v) is 4.97. The highest BCUT2D eigenvalue weighted by molar-refractivity contribution is 7.89. The summed E-state index contributed by atoms with van der Waals surface area (Å²) in [4.78, 5) is 10.9. The van der Waals surface area contributed by atoms with E-state index in [4.69, 9.17) is 4.74 Å². The van der Waals surface area contributed by atoms with Gasteiger partial charge in [-0.05, 0) is 0 Å². The summed E-state index contributed by atoms with van der Waals surface area (Å²) in [7, 11) is -3.40. The van der Waals surface area contributed by atoms with Gasteiger partial charge in [-0.15, -0.1) is 0 Å². The van der Waals surface area contributed by atoms with Gasteiger partial charge in [-0.1, -0.05) is 0 Å². The molecule has 0 bridgehead atoms. The summed E-state index contributed by atoms with van der Waals surface area (Å²) in [6.07, 6.45) is 0.949. The number of carbonyl (C=O) groups is 1. The van der Waals surface area contributed by atoms with Gasteiger partial charge in [0.05, 0.1) is 25.4 Å². The summed E-state index contributed by atoms with van der Waals surface area (Å²) in [6, 6.07) is 0. The summed E-state index contributed by atoms with van der Waals surface area (Å²) in [5, 5.41) is 0. The first-order valence-electron chi connectivity index (χ1n) is 3.08. The standard InChI is InChI=1S/C5H9NO4S/c1-11(8,9)6-5(7)4-2-10-3-4/h4H,2-3H2,1H3,(H,6,7). The monoisotopic (exact) mass is 179 g/mol. The maximum atomic E-state index is 10.9. The normalized spacial score (nSPS) is 19.0. The van der Waals surface area contributed by atoms with Crippen molar-refractivity contribution in [3.8, 4) is 0 Å². The molecule has 11 heavy (non-hydrogen) atoms. The van der Waals surface area contributed by atoms with E-state index in [-0.39, 0.29) is 5.92 Å². The van der Waals surface area contributed by atoms with Crippen molar-refractivity contribution in [2.75, 3.05) is 19.5 Å². The lowest BCUT2D eigenvalue weighted by Crippen LogP contribution is -2.44. The van der Waals surface area contributed by atoms with Crippen molar-refractivity contribution in [1.29, 1.82) is 0 Å². The van der Waals surface area contributed by atoms with Crippen LogP contribution in [-0.2, 0) is 19.6 Å². The Hall–Kier alpha value is -0.620. The van der Waals surface area contributed by atoms with Gasteiger partial charge in [-0.25, -0.2) is 8.42 Å². The van der Waals surface area contributed by atoms with Crippen LogP contribution in [0.5, 0.6) is 0 Å². The summed E-state index contributed by atoms with van der Waals surface area (Å²) >= 11 is 0. The summed E-state index contributed by atoms with van der Waals surface area (Å²) in [6.45, 7) is 0.642. The number of hydrogen-bond acceptors (Lipinski definition) is 4. The van der Waals surface area contributed by atoms with Crippen LogP contribution in [-0.4, -0.2) is 33.8 Å². The van der Waals surface area contributed by atoms with Gasteiger partial charge in [0.1, 0.15) is 0 Å². The van der Waals surface area contributed by atoms with Gasteiger partial charge < -0.3 is 4.74 Å². The zero-order chi connectivity index (χ0) is 8.48. The van der Waals surface area contributed by atoms with Crippen molar-refractivity contribution < 1.29 is 17.9 Å². The Kier molecular flexibility index (Phi) is 2.15. The number of amides is 1. The molecule has 1 amide bonds. The second-order valence-corrected chi connectivity index (χ2v) is 4.22. The van der Waals surface area contributed by atoms with Crippen molar-refractivity contribution in [2.45, 2.75) is 0 Å². The van der Waals surface area contributed by atoms with E-state index < -0.39 is 15.9 Å². The average molecular weight is 179 g/mol. The van der Waals surface area contributed by atoms with Crippen molar-refractivity contribution in [3.05, 3.63) is 0 Å². The predicted molar refractivity (Wildman–Crippen MR) is 37.3 cm³/mol. The third kappa shape index (κ3) is 2.47. The Labute approximate surface area is 64.8 Å². The number of carbonyl (C=O) groups excluding carboxylic acids is 1. The van der Waals surface area contributed by atoms with E-state index in [1.54, 1.807) is 0 Å². The van der Waals surface area contributed by atoms with E-state index in [1.807, 2.05) is 4.72 Å². The molecule has 0 spiro atoms. The second kappa shape index (κ2) is 2.78. The van der Waals surface area contributed by atoms with Crippen LogP contribution >= 0.6 is 0 Å². The zero-order valence-electron chi connectivity index (χ0n) is 6.03. The molecule has 1 heterocycles. The highest BCUT2D eigenvalue weighted by atomic mass is 32.2. The van der Waals surface area contributed by atoms with Crippen LogP contribution in [0.2, 0.25) is 0 Å². The molecule has 5 nitrogen and oxygen atoms in total. The SMILES string of the molecule is CS(=O)(=O)NC(=O)C1COC1. The Morgan fingerprint density at radius 3 is 2.36 bits per heavy atom. The molecule has 0 atom stereocenters. The number of nitrogens with one attached hydrogen (secondary N) is 1. The third-order valence-electron chi connectivity index (χ3n) is 1.29. The molecular formula is C5H9NO4S. The van der Waals surface area contributed by atoms with Gasteiger partial charge in [0, 0.05) is 0 Å². The first kappa shape index (κ1) is 8.48. The molecule has 64 valence electrons. The molecular weight excluding hydrogens is 170 g/mol. The molecule has 1 rings (SSSR count). The van der Waals surface area contributed by atoms with E-state index in [0.29, 0.717) is 13.2 Å². The molecule has 1 aliphatic rings. The fraction of sp³-hybridized carbons (Fsp3) is 0.800. The van der Waals surface area contributed by atoms with E-state index in [9.17, 15) is 13.2 Å². The lowest BCUT2D eigenvalue weighted by atomic mass is 10.1. The smallest absolute Gasteiger partial charge is 0.241 e. The quantitative estimate of drug-likeness (QED) is 0.572. The number of rotatable bonds is 2. The number of hydrogen-bond donors (Lipinski definition) is 1. The molecule has 0 aliphatic carbocycles. The fourth-order valence-corrected chi connectivity index (χ4v) is 1.19. The Balaban J connectivity index is 2.43. The topological polar surface area (TPSA) is 72.5 Å². The average Bonchev–Trinajstić information content (AvgIpc) is 1.50. The van der Waals surface area contributed by atoms with Crippen LogP contribution in [0.1, 0.15) is 0 Å². The summed E-state index contributed by atoms with van der Waals surface area (Å²) < 4.78 is 27.6. The van der Waals surface area contributed by atoms with Crippen molar-refractivity contribution in [2.24, 2.45) is 5.92 Å². The molecule has 1 saturated heterocycles. The third-order valence-corrected chi connectivity index (χ3v) is 1.87. The summed E-state index contributed by atoms with van der Waals surface area (Å²) in [5.41, 5.74) is 0. The van der Waals surface area contributed by atoms with E-state index in [1.165, 1.54) is 0 Å². The van der Waals surface area contributed by atoms with Crippen LogP contribution in [0.3, 0.4) is 0 Å². The van der Waals surface area contributed by atoms with Gasteiger partial charge in [0.25, 0.3) is 0 Å². The lowest BCUT2D eigenvalue weighted by Gasteiger charge is -2.23. The van der Waals surface area contributed by atoms with Crippen LogP contribution in [0.25, 0.3) is 0 Å². The molecule has 0 aromatic rings. The van der Waals surface area contributed by atoms with Crippen LogP contribution in [0, 0.1) is 5.92 Å². The molecule has 0 radical (unpaired) electrons. The maximum absolute atomic E-state index is 10.9. The number of ether oxygens (including phenoxy) is 1. The maximum Gasteiger partial charge on any atom is 0.241 e. The molecule has 6 heteroatoms. The van der Waals surface area contributed by atoms with Gasteiger partial charge in [-0.2, -0.15) is 0 Å². The Morgan fingerprint density at radius 1 is 1.55 bits per heavy atom. The molecule has 0 unspecified atom stereocenters. The molecule has 1 fully saturated rings. The minimum absolute atomic E-state index is 0.287. The Morgan fingerprint density at radius 2 is 2.09 bits per heavy atom. The minimum atomic E-state index is -3.40. The number of sulfonamides is 1. The van der Waals surface area contributed by atoms with Crippen LogP contribution < -0.4 is 4.72 Å².